The SMILES string of the molecule is Cc1ccc(OCCNC(C)Cc2ccccc2)cc1. The van der Waals surface area contributed by atoms with E-state index in [0.29, 0.717) is 12.6 Å². The molecular formula is C18H23NO. The third-order valence-corrected chi connectivity index (χ3v) is 3.27. The van der Waals surface area contributed by atoms with Crippen LogP contribution in [0.15, 0.2) is 54.6 Å². The van der Waals surface area contributed by atoms with Gasteiger partial charge in [-0.1, -0.05) is 48.0 Å². The zero-order chi connectivity index (χ0) is 14.2. The summed E-state index contributed by atoms with van der Waals surface area (Å²) in [5.74, 6) is 0.938. The van der Waals surface area contributed by atoms with Crippen LogP contribution in [0.5, 0.6) is 5.75 Å². The molecule has 0 amide bonds. The fraction of sp³-hybridized carbons (Fsp3) is 0.333. The summed E-state index contributed by atoms with van der Waals surface area (Å²) in [7, 11) is 0. The fourth-order valence-electron chi connectivity index (χ4n) is 2.15. The minimum absolute atomic E-state index is 0.457. The van der Waals surface area contributed by atoms with Crippen molar-refractivity contribution in [3.8, 4) is 5.75 Å². The molecule has 0 radical (unpaired) electrons. The molecule has 2 aromatic rings. The highest BCUT2D eigenvalue weighted by Gasteiger charge is 2.02. The van der Waals surface area contributed by atoms with Crippen molar-refractivity contribution in [2.24, 2.45) is 0 Å². The molecular weight excluding hydrogens is 246 g/mol. The van der Waals surface area contributed by atoms with Gasteiger partial charge in [0.05, 0.1) is 0 Å². The van der Waals surface area contributed by atoms with Gasteiger partial charge in [-0.2, -0.15) is 0 Å². The predicted molar refractivity (Wildman–Crippen MR) is 84.3 cm³/mol. The maximum atomic E-state index is 5.70. The van der Waals surface area contributed by atoms with Gasteiger partial charge in [0.15, 0.2) is 0 Å². The lowest BCUT2D eigenvalue weighted by atomic mass is 10.1. The normalized spacial score (nSPS) is 12.1. The molecule has 0 aliphatic carbocycles. The van der Waals surface area contributed by atoms with Gasteiger partial charge in [-0.3, -0.25) is 0 Å². The van der Waals surface area contributed by atoms with Crippen LogP contribution >= 0.6 is 0 Å². The summed E-state index contributed by atoms with van der Waals surface area (Å²) in [4.78, 5) is 0. The largest absolute Gasteiger partial charge is 0.492 e. The number of hydrogen-bond acceptors (Lipinski definition) is 2. The summed E-state index contributed by atoms with van der Waals surface area (Å²) in [5, 5.41) is 3.49. The first-order valence-corrected chi connectivity index (χ1v) is 7.21. The van der Waals surface area contributed by atoms with E-state index >= 15 is 0 Å². The molecule has 0 saturated carbocycles. The van der Waals surface area contributed by atoms with Crippen molar-refractivity contribution in [3.05, 3.63) is 65.7 Å². The highest BCUT2D eigenvalue weighted by atomic mass is 16.5. The smallest absolute Gasteiger partial charge is 0.119 e. The van der Waals surface area contributed by atoms with Crippen LogP contribution in [-0.4, -0.2) is 19.2 Å². The van der Waals surface area contributed by atoms with E-state index in [-0.39, 0.29) is 0 Å². The molecule has 106 valence electrons. The van der Waals surface area contributed by atoms with Crippen LogP contribution < -0.4 is 10.1 Å². The van der Waals surface area contributed by atoms with Crippen molar-refractivity contribution >= 4 is 0 Å². The summed E-state index contributed by atoms with van der Waals surface area (Å²) in [6.45, 7) is 5.85. The van der Waals surface area contributed by atoms with Crippen molar-refractivity contribution in [2.45, 2.75) is 26.3 Å². The average molecular weight is 269 g/mol. The minimum atomic E-state index is 0.457. The first-order chi connectivity index (χ1) is 9.74. The Morgan fingerprint density at radius 1 is 1.00 bits per heavy atom. The molecule has 0 bridgehead atoms. The Labute approximate surface area is 121 Å². The minimum Gasteiger partial charge on any atom is -0.492 e. The van der Waals surface area contributed by atoms with Crippen LogP contribution in [0, 0.1) is 6.92 Å². The summed E-state index contributed by atoms with van der Waals surface area (Å²) < 4.78 is 5.70. The second-order valence-electron chi connectivity index (χ2n) is 5.21. The molecule has 1 atom stereocenters. The molecule has 20 heavy (non-hydrogen) atoms. The van der Waals surface area contributed by atoms with Crippen LogP contribution in [-0.2, 0) is 6.42 Å². The molecule has 2 aromatic carbocycles. The van der Waals surface area contributed by atoms with Gasteiger partial charge in [0.2, 0.25) is 0 Å². The van der Waals surface area contributed by atoms with Gasteiger partial charge < -0.3 is 10.1 Å². The molecule has 0 fully saturated rings. The highest BCUT2D eigenvalue weighted by Crippen LogP contribution is 2.10. The van der Waals surface area contributed by atoms with E-state index in [2.05, 4.69) is 61.6 Å². The van der Waals surface area contributed by atoms with Crippen LogP contribution in [0.2, 0.25) is 0 Å². The Kier molecular flexibility index (Phi) is 5.63. The Balaban J connectivity index is 1.64. The van der Waals surface area contributed by atoms with E-state index in [0.717, 1.165) is 18.7 Å². The van der Waals surface area contributed by atoms with Crippen LogP contribution in [0.25, 0.3) is 0 Å². The van der Waals surface area contributed by atoms with Crippen LogP contribution in [0.1, 0.15) is 18.1 Å². The standard InChI is InChI=1S/C18H23NO/c1-15-8-10-18(11-9-15)20-13-12-19-16(2)14-17-6-4-3-5-7-17/h3-11,16,19H,12-14H2,1-2H3. The van der Waals surface area contributed by atoms with E-state index in [1.807, 2.05) is 12.1 Å². The van der Waals surface area contributed by atoms with Crippen molar-refractivity contribution in [1.29, 1.82) is 0 Å². The molecule has 1 N–H and O–H groups in total. The molecule has 2 rings (SSSR count). The van der Waals surface area contributed by atoms with E-state index < -0.39 is 0 Å². The van der Waals surface area contributed by atoms with Crippen LogP contribution in [0.3, 0.4) is 0 Å². The fourth-order valence-corrected chi connectivity index (χ4v) is 2.15. The van der Waals surface area contributed by atoms with Crippen molar-refractivity contribution in [2.75, 3.05) is 13.2 Å². The number of ether oxygens (including phenoxy) is 1. The molecule has 0 aromatic heterocycles. The Bertz CT molecular complexity index is 493. The van der Waals surface area contributed by atoms with Gasteiger partial charge in [0.25, 0.3) is 0 Å². The topological polar surface area (TPSA) is 21.3 Å². The number of hydrogen-bond donors (Lipinski definition) is 1. The lowest BCUT2D eigenvalue weighted by molar-refractivity contribution is 0.306. The third-order valence-electron chi connectivity index (χ3n) is 3.27. The Hall–Kier alpha value is -1.80. The molecule has 2 heteroatoms. The van der Waals surface area contributed by atoms with E-state index in [1.54, 1.807) is 0 Å². The van der Waals surface area contributed by atoms with Gasteiger partial charge in [0, 0.05) is 12.6 Å². The molecule has 0 aliphatic rings. The quantitative estimate of drug-likeness (QED) is 0.776. The molecule has 0 aliphatic heterocycles. The Morgan fingerprint density at radius 3 is 2.40 bits per heavy atom. The van der Waals surface area contributed by atoms with E-state index in [1.165, 1.54) is 11.1 Å². The molecule has 1 unspecified atom stereocenters. The second-order valence-corrected chi connectivity index (χ2v) is 5.21. The van der Waals surface area contributed by atoms with Crippen LogP contribution in [0.4, 0.5) is 0 Å². The average Bonchev–Trinajstić information content (AvgIpc) is 2.46. The zero-order valence-electron chi connectivity index (χ0n) is 12.3. The summed E-state index contributed by atoms with van der Waals surface area (Å²) in [5.41, 5.74) is 2.62. The van der Waals surface area contributed by atoms with E-state index in [9.17, 15) is 0 Å². The van der Waals surface area contributed by atoms with Gasteiger partial charge in [-0.25, -0.2) is 0 Å². The summed E-state index contributed by atoms with van der Waals surface area (Å²) in [6, 6.07) is 19.2. The number of aryl methyl sites for hydroxylation is 1. The lowest BCUT2D eigenvalue weighted by Gasteiger charge is -2.14. The number of nitrogens with one attached hydrogen (secondary N) is 1. The maximum Gasteiger partial charge on any atom is 0.119 e. The van der Waals surface area contributed by atoms with Crippen molar-refractivity contribution in [1.82, 2.24) is 5.32 Å². The van der Waals surface area contributed by atoms with Crippen molar-refractivity contribution in [3.63, 3.8) is 0 Å². The predicted octanol–water partition coefficient (Wildman–Crippen LogP) is 3.59. The first kappa shape index (κ1) is 14.6. The third kappa shape index (κ3) is 5.06. The second kappa shape index (κ2) is 7.71. The van der Waals surface area contributed by atoms with Crippen molar-refractivity contribution < 1.29 is 4.74 Å². The summed E-state index contributed by atoms with van der Waals surface area (Å²) >= 11 is 0. The maximum absolute atomic E-state index is 5.70. The van der Waals surface area contributed by atoms with Gasteiger partial charge >= 0.3 is 0 Å². The van der Waals surface area contributed by atoms with E-state index in [4.69, 9.17) is 4.74 Å². The first-order valence-electron chi connectivity index (χ1n) is 7.21. The Morgan fingerprint density at radius 2 is 1.70 bits per heavy atom. The lowest BCUT2D eigenvalue weighted by Crippen LogP contribution is -2.31. The molecule has 0 saturated heterocycles. The monoisotopic (exact) mass is 269 g/mol. The highest BCUT2D eigenvalue weighted by molar-refractivity contribution is 5.26. The van der Waals surface area contributed by atoms with Gasteiger partial charge in [-0.15, -0.1) is 0 Å². The molecule has 2 nitrogen and oxygen atoms in total. The molecule has 0 heterocycles. The van der Waals surface area contributed by atoms with Gasteiger partial charge in [0.1, 0.15) is 12.4 Å². The number of benzene rings is 2. The van der Waals surface area contributed by atoms with Gasteiger partial charge in [-0.05, 0) is 38.0 Å². The molecule has 0 spiro atoms. The summed E-state index contributed by atoms with van der Waals surface area (Å²) in [6.07, 6.45) is 1.05. The number of rotatable bonds is 7. The zero-order valence-corrected chi connectivity index (χ0v) is 12.3.